The molecule has 17 heavy (non-hydrogen) atoms. The van der Waals surface area contributed by atoms with E-state index in [0.717, 1.165) is 17.8 Å². The van der Waals surface area contributed by atoms with Gasteiger partial charge in [-0.05, 0) is 25.8 Å². The molecule has 2 aromatic heterocycles. The summed E-state index contributed by atoms with van der Waals surface area (Å²) in [7, 11) is 0. The summed E-state index contributed by atoms with van der Waals surface area (Å²) in [6.45, 7) is 6.05. The summed E-state index contributed by atoms with van der Waals surface area (Å²) in [5.74, 6) is 0.683. The third kappa shape index (κ3) is 2.06. The predicted molar refractivity (Wildman–Crippen MR) is 63.9 cm³/mol. The molecule has 90 valence electrons. The van der Waals surface area contributed by atoms with E-state index in [4.69, 9.17) is 5.11 Å². The van der Waals surface area contributed by atoms with E-state index in [1.165, 1.54) is 5.56 Å². The lowest BCUT2D eigenvalue weighted by atomic mass is 10.1. The van der Waals surface area contributed by atoms with Crippen LogP contribution >= 0.6 is 0 Å². The Morgan fingerprint density at radius 2 is 2.00 bits per heavy atom. The van der Waals surface area contributed by atoms with Gasteiger partial charge in [-0.15, -0.1) is 0 Å². The van der Waals surface area contributed by atoms with Crippen LogP contribution in [0.5, 0.6) is 0 Å². The summed E-state index contributed by atoms with van der Waals surface area (Å²) in [6, 6.07) is 0. The zero-order chi connectivity index (χ0) is 12.4. The van der Waals surface area contributed by atoms with Crippen molar-refractivity contribution in [1.29, 1.82) is 0 Å². The highest BCUT2D eigenvalue weighted by Gasteiger charge is 2.11. The number of nitrogens with zero attached hydrogens (tertiary/aromatic N) is 4. The van der Waals surface area contributed by atoms with Crippen LogP contribution in [0.25, 0.3) is 5.82 Å². The van der Waals surface area contributed by atoms with Crippen molar-refractivity contribution in [2.45, 2.75) is 33.8 Å². The Bertz CT molecular complexity index is 516. The number of hydrogen-bond acceptors (Lipinski definition) is 4. The molecule has 5 heteroatoms. The minimum Gasteiger partial charge on any atom is -0.390 e. The van der Waals surface area contributed by atoms with Gasteiger partial charge in [0.1, 0.15) is 0 Å². The molecule has 0 fully saturated rings. The molecule has 0 atom stereocenters. The highest BCUT2D eigenvalue weighted by atomic mass is 16.3. The lowest BCUT2D eigenvalue weighted by Gasteiger charge is -2.03. The van der Waals surface area contributed by atoms with Gasteiger partial charge in [-0.2, -0.15) is 5.10 Å². The van der Waals surface area contributed by atoms with Gasteiger partial charge in [-0.1, -0.05) is 6.92 Å². The lowest BCUT2D eigenvalue weighted by Crippen LogP contribution is -2.04. The van der Waals surface area contributed by atoms with Crippen LogP contribution in [-0.4, -0.2) is 24.9 Å². The molecule has 0 unspecified atom stereocenters. The molecule has 2 aromatic rings. The largest absolute Gasteiger partial charge is 0.390 e. The number of rotatable bonds is 3. The Balaban J connectivity index is 2.45. The molecule has 0 amide bonds. The second kappa shape index (κ2) is 4.63. The maximum atomic E-state index is 8.92. The van der Waals surface area contributed by atoms with Gasteiger partial charge in [0.25, 0.3) is 0 Å². The second-order valence-electron chi connectivity index (χ2n) is 3.94. The van der Waals surface area contributed by atoms with Gasteiger partial charge in [0.2, 0.25) is 0 Å². The quantitative estimate of drug-likeness (QED) is 0.867. The van der Waals surface area contributed by atoms with Crippen LogP contribution in [0.3, 0.4) is 0 Å². The Hall–Kier alpha value is -1.75. The number of aliphatic hydroxyl groups is 1. The molecule has 0 aromatic carbocycles. The first-order chi connectivity index (χ1) is 8.17. The molecule has 0 saturated carbocycles. The molecule has 0 aliphatic carbocycles. The van der Waals surface area contributed by atoms with Crippen LogP contribution in [0.1, 0.15) is 29.6 Å². The molecular formula is C12H16N4O. The standard InChI is InChI=1S/C12H16N4O/c1-4-11-8(2)15-16(9(11)3)12-6-13-10(7-17)5-14-12/h5-6,17H,4,7H2,1-3H3. The van der Waals surface area contributed by atoms with Gasteiger partial charge < -0.3 is 5.11 Å². The molecular weight excluding hydrogens is 216 g/mol. The summed E-state index contributed by atoms with van der Waals surface area (Å²) in [5.41, 5.74) is 3.93. The fourth-order valence-electron chi connectivity index (χ4n) is 1.95. The topological polar surface area (TPSA) is 63.8 Å². The molecule has 0 radical (unpaired) electrons. The fourth-order valence-corrected chi connectivity index (χ4v) is 1.95. The Morgan fingerprint density at radius 3 is 2.47 bits per heavy atom. The first kappa shape index (κ1) is 11.7. The minimum atomic E-state index is -0.0927. The summed E-state index contributed by atoms with van der Waals surface area (Å²) < 4.78 is 1.79. The van der Waals surface area contributed by atoms with E-state index in [1.54, 1.807) is 17.1 Å². The van der Waals surface area contributed by atoms with Crippen molar-refractivity contribution in [3.05, 3.63) is 35.0 Å². The molecule has 0 spiro atoms. The first-order valence-electron chi connectivity index (χ1n) is 5.64. The minimum absolute atomic E-state index is 0.0927. The molecule has 1 N–H and O–H groups in total. The monoisotopic (exact) mass is 232 g/mol. The van der Waals surface area contributed by atoms with Crippen molar-refractivity contribution in [3.8, 4) is 5.82 Å². The third-order valence-corrected chi connectivity index (χ3v) is 2.87. The smallest absolute Gasteiger partial charge is 0.172 e. The van der Waals surface area contributed by atoms with Gasteiger partial charge in [-0.25, -0.2) is 9.67 Å². The number of hydrogen-bond donors (Lipinski definition) is 1. The lowest BCUT2D eigenvalue weighted by molar-refractivity contribution is 0.276. The van der Waals surface area contributed by atoms with Crippen molar-refractivity contribution < 1.29 is 5.11 Å². The highest BCUT2D eigenvalue weighted by molar-refractivity contribution is 5.31. The van der Waals surface area contributed by atoms with E-state index in [9.17, 15) is 0 Å². The van der Waals surface area contributed by atoms with Gasteiger partial charge in [0, 0.05) is 5.69 Å². The third-order valence-electron chi connectivity index (χ3n) is 2.87. The van der Waals surface area contributed by atoms with Crippen molar-refractivity contribution in [1.82, 2.24) is 19.7 Å². The summed E-state index contributed by atoms with van der Waals surface area (Å²) >= 11 is 0. The van der Waals surface area contributed by atoms with E-state index in [2.05, 4.69) is 22.0 Å². The van der Waals surface area contributed by atoms with Crippen LogP contribution in [0.4, 0.5) is 0 Å². The van der Waals surface area contributed by atoms with Gasteiger partial charge in [-0.3, -0.25) is 4.98 Å². The highest BCUT2D eigenvalue weighted by Crippen LogP contribution is 2.16. The maximum absolute atomic E-state index is 8.92. The summed E-state index contributed by atoms with van der Waals surface area (Å²) in [5, 5.41) is 13.4. The molecule has 0 aliphatic heterocycles. The normalized spacial score (nSPS) is 10.8. The number of aromatic nitrogens is 4. The summed E-state index contributed by atoms with van der Waals surface area (Å²) in [6.07, 6.45) is 4.15. The fraction of sp³-hybridized carbons (Fsp3) is 0.417. The summed E-state index contributed by atoms with van der Waals surface area (Å²) in [4.78, 5) is 8.35. The molecule has 0 aliphatic rings. The van der Waals surface area contributed by atoms with Crippen LogP contribution in [0.2, 0.25) is 0 Å². The van der Waals surface area contributed by atoms with Crippen LogP contribution < -0.4 is 0 Å². The Labute approximate surface area is 100 Å². The van der Waals surface area contributed by atoms with E-state index in [-0.39, 0.29) is 6.61 Å². The zero-order valence-electron chi connectivity index (χ0n) is 10.3. The van der Waals surface area contributed by atoms with Gasteiger partial charge >= 0.3 is 0 Å². The molecule has 0 bridgehead atoms. The first-order valence-corrected chi connectivity index (χ1v) is 5.64. The number of aryl methyl sites for hydroxylation is 1. The molecule has 5 nitrogen and oxygen atoms in total. The predicted octanol–water partition coefficient (Wildman–Crippen LogP) is 1.33. The average molecular weight is 232 g/mol. The van der Waals surface area contributed by atoms with E-state index in [0.29, 0.717) is 11.5 Å². The maximum Gasteiger partial charge on any atom is 0.172 e. The van der Waals surface area contributed by atoms with Crippen molar-refractivity contribution in [2.75, 3.05) is 0 Å². The molecule has 2 heterocycles. The van der Waals surface area contributed by atoms with Crippen molar-refractivity contribution >= 4 is 0 Å². The molecule has 2 rings (SSSR count). The van der Waals surface area contributed by atoms with Gasteiger partial charge in [0.05, 0.1) is 30.4 Å². The Kier molecular flexibility index (Phi) is 3.19. The molecule has 0 saturated heterocycles. The van der Waals surface area contributed by atoms with Crippen LogP contribution in [0.15, 0.2) is 12.4 Å². The van der Waals surface area contributed by atoms with Crippen LogP contribution in [-0.2, 0) is 13.0 Å². The van der Waals surface area contributed by atoms with E-state index >= 15 is 0 Å². The average Bonchev–Trinajstić information content (AvgIpc) is 2.64. The van der Waals surface area contributed by atoms with Crippen molar-refractivity contribution in [3.63, 3.8) is 0 Å². The van der Waals surface area contributed by atoms with Gasteiger partial charge in [0.15, 0.2) is 5.82 Å². The van der Waals surface area contributed by atoms with Crippen molar-refractivity contribution in [2.24, 2.45) is 0 Å². The zero-order valence-corrected chi connectivity index (χ0v) is 10.3. The Morgan fingerprint density at radius 1 is 1.24 bits per heavy atom. The van der Waals surface area contributed by atoms with E-state index < -0.39 is 0 Å². The second-order valence-corrected chi connectivity index (χ2v) is 3.94. The number of aliphatic hydroxyl groups excluding tert-OH is 1. The van der Waals surface area contributed by atoms with Crippen LogP contribution in [0, 0.1) is 13.8 Å². The SMILES string of the molecule is CCc1c(C)nn(-c2cnc(CO)cn2)c1C. The van der Waals surface area contributed by atoms with E-state index in [1.807, 2.05) is 13.8 Å².